The molecule has 0 saturated heterocycles. The molecule has 1 unspecified atom stereocenters. The molecular weight excluding hydrogens is 378 g/mol. The first kappa shape index (κ1) is 21.1. The van der Waals surface area contributed by atoms with Gasteiger partial charge in [-0.15, -0.1) is 11.3 Å². The fourth-order valence-corrected chi connectivity index (χ4v) is 4.54. The first-order valence-electron chi connectivity index (χ1n) is 9.99. The van der Waals surface area contributed by atoms with E-state index in [1.807, 2.05) is 6.07 Å². The molecule has 3 rings (SSSR count). The summed E-state index contributed by atoms with van der Waals surface area (Å²) >= 11 is 1.42. The standard InChI is InChI=1S/C25H29NO2S/c1-15(2)12-21(22-10-11-23(29-22)25(26)27)28-20-13-17(4)24(18(5)14-20)19-8-6-16(3)7-9-19/h6-11,13-15,21H,12H2,1-5H3,(H2,26,27). The maximum absolute atomic E-state index is 11.5. The third-order valence-corrected chi connectivity index (χ3v) is 6.19. The molecule has 1 atom stereocenters. The predicted octanol–water partition coefficient (Wildman–Crippen LogP) is 6.61. The molecule has 0 spiro atoms. The van der Waals surface area contributed by atoms with Crippen molar-refractivity contribution in [2.75, 3.05) is 0 Å². The molecule has 2 aromatic carbocycles. The molecule has 1 aromatic heterocycles. The Balaban J connectivity index is 1.91. The van der Waals surface area contributed by atoms with Crippen molar-refractivity contribution in [1.82, 2.24) is 0 Å². The van der Waals surface area contributed by atoms with Crippen LogP contribution in [0.25, 0.3) is 11.1 Å². The zero-order valence-corrected chi connectivity index (χ0v) is 18.6. The van der Waals surface area contributed by atoms with E-state index in [0.29, 0.717) is 10.8 Å². The van der Waals surface area contributed by atoms with Gasteiger partial charge in [0.15, 0.2) is 0 Å². The molecular formula is C25H29NO2S. The number of carbonyl (C=O) groups is 1. The summed E-state index contributed by atoms with van der Waals surface area (Å²) < 4.78 is 6.43. The van der Waals surface area contributed by atoms with E-state index in [1.54, 1.807) is 6.07 Å². The average molecular weight is 408 g/mol. The smallest absolute Gasteiger partial charge is 0.258 e. The third-order valence-electron chi connectivity index (χ3n) is 5.00. The number of nitrogens with two attached hydrogens (primary N) is 1. The van der Waals surface area contributed by atoms with E-state index in [0.717, 1.165) is 17.0 Å². The van der Waals surface area contributed by atoms with Gasteiger partial charge in [0, 0.05) is 4.88 Å². The fraction of sp³-hybridized carbons (Fsp3) is 0.320. The van der Waals surface area contributed by atoms with Crippen molar-refractivity contribution in [2.45, 2.75) is 47.1 Å². The SMILES string of the molecule is Cc1ccc(-c2c(C)cc(OC(CC(C)C)c3ccc(C(N)=O)s3)cc2C)cc1. The topological polar surface area (TPSA) is 52.3 Å². The lowest BCUT2D eigenvalue weighted by Crippen LogP contribution is -2.10. The van der Waals surface area contributed by atoms with Crippen molar-refractivity contribution in [1.29, 1.82) is 0 Å². The van der Waals surface area contributed by atoms with Gasteiger partial charge in [0.1, 0.15) is 11.9 Å². The lowest BCUT2D eigenvalue weighted by molar-refractivity contribution is 0.100. The Morgan fingerprint density at radius 2 is 1.62 bits per heavy atom. The number of primary amides is 1. The van der Waals surface area contributed by atoms with Gasteiger partial charge in [-0.05, 0) is 79.6 Å². The molecule has 1 heterocycles. The number of hydrogen-bond acceptors (Lipinski definition) is 3. The van der Waals surface area contributed by atoms with Gasteiger partial charge < -0.3 is 10.5 Å². The van der Waals surface area contributed by atoms with Gasteiger partial charge in [-0.2, -0.15) is 0 Å². The monoisotopic (exact) mass is 407 g/mol. The number of hydrogen-bond donors (Lipinski definition) is 1. The van der Waals surface area contributed by atoms with Crippen LogP contribution in [0.1, 0.15) is 57.6 Å². The largest absolute Gasteiger partial charge is 0.485 e. The minimum atomic E-state index is -0.390. The number of benzene rings is 2. The fourth-order valence-electron chi connectivity index (χ4n) is 3.64. The maximum Gasteiger partial charge on any atom is 0.258 e. The van der Waals surface area contributed by atoms with Crippen LogP contribution < -0.4 is 10.5 Å². The summed E-state index contributed by atoms with van der Waals surface area (Å²) in [6, 6.07) is 16.6. The number of amides is 1. The molecule has 0 radical (unpaired) electrons. The molecule has 4 heteroatoms. The van der Waals surface area contributed by atoms with Gasteiger partial charge in [-0.3, -0.25) is 4.79 Å². The molecule has 29 heavy (non-hydrogen) atoms. The molecule has 0 bridgehead atoms. The molecule has 2 N–H and O–H groups in total. The molecule has 0 aliphatic rings. The average Bonchev–Trinajstić information content (AvgIpc) is 3.12. The summed E-state index contributed by atoms with van der Waals surface area (Å²) in [7, 11) is 0. The number of ether oxygens (including phenoxy) is 1. The van der Waals surface area contributed by atoms with E-state index in [9.17, 15) is 4.79 Å². The summed E-state index contributed by atoms with van der Waals surface area (Å²) in [4.78, 5) is 13.1. The summed E-state index contributed by atoms with van der Waals surface area (Å²) in [5.74, 6) is 0.933. The lowest BCUT2D eigenvalue weighted by Gasteiger charge is -2.22. The second kappa shape index (κ2) is 8.83. The number of carbonyl (C=O) groups excluding carboxylic acids is 1. The Labute approximate surface area is 177 Å². The first-order valence-corrected chi connectivity index (χ1v) is 10.8. The lowest BCUT2D eigenvalue weighted by atomic mass is 9.95. The Morgan fingerprint density at radius 3 is 2.14 bits per heavy atom. The van der Waals surface area contributed by atoms with Crippen LogP contribution in [0.2, 0.25) is 0 Å². The minimum Gasteiger partial charge on any atom is -0.485 e. The van der Waals surface area contributed by atoms with Crippen LogP contribution in [0.15, 0.2) is 48.5 Å². The van der Waals surface area contributed by atoms with Gasteiger partial charge in [0.05, 0.1) is 4.88 Å². The van der Waals surface area contributed by atoms with Crippen LogP contribution in [0.3, 0.4) is 0 Å². The second-order valence-corrected chi connectivity index (χ2v) is 9.22. The quantitative estimate of drug-likeness (QED) is 0.479. The summed E-state index contributed by atoms with van der Waals surface area (Å²) in [6.07, 6.45) is 0.772. The molecule has 1 amide bonds. The highest BCUT2D eigenvalue weighted by Crippen LogP contribution is 2.36. The van der Waals surface area contributed by atoms with Crippen LogP contribution in [0.4, 0.5) is 0 Å². The molecule has 0 saturated carbocycles. The molecule has 152 valence electrons. The van der Waals surface area contributed by atoms with Gasteiger partial charge in [0.25, 0.3) is 5.91 Å². The second-order valence-electron chi connectivity index (χ2n) is 8.10. The van der Waals surface area contributed by atoms with Crippen LogP contribution in [-0.2, 0) is 0 Å². The molecule has 3 nitrogen and oxygen atoms in total. The molecule has 0 aliphatic heterocycles. The highest BCUT2D eigenvalue weighted by Gasteiger charge is 2.20. The van der Waals surface area contributed by atoms with Gasteiger partial charge in [-0.25, -0.2) is 0 Å². The van der Waals surface area contributed by atoms with E-state index in [2.05, 4.69) is 71.0 Å². The predicted molar refractivity (Wildman–Crippen MR) is 122 cm³/mol. The number of rotatable bonds is 7. The zero-order valence-electron chi connectivity index (χ0n) is 17.8. The Bertz CT molecular complexity index is 979. The van der Waals surface area contributed by atoms with Gasteiger partial charge >= 0.3 is 0 Å². The van der Waals surface area contributed by atoms with E-state index in [1.165, 1.54) is 39.2 Å². The summed E-state index contributed by atoms with van der Waals surface area (Å²) in [5.41, 5.74) is 11.5. The minimum absolute atomic E-state index is 0.0999. The summed E-state index contributed by atoms with van der Waals surface area (Å²) in [6.45, 7) is 10.7. The maximum atomic E-state index is 11.5. The summed E-state index contributed by atoms with van der Waals surface area (Å²) in [5, 5.41) is 0. The van der Waals surface area contributed by atoms with E-state index in [-0.39, 0.29) is 6.10 Å². The molecule has 0 fully saturated rings. The Kier molecular flexibility index (Phi) is 6.43. The zero-order chi connectivity index (χ0) is 21.1. The van der Waals surface area contributed by atoms with E-state index < -0.39 is 5.91 Å². The highest BCUT2D eigenvalue weighted by atomic mass is 32.1. The first-order chi connectivity index (χ1) is 13.7. The van der Waals surface area contributed by atoms with Crippen molar-refractivity contribution >= 4 is 17.2 Å². The van der Waals surface area contributed by atoms with E-state index >= 15 is 0 Å². The van der Waals surface area contributed by atoms with Crippen molar-refractivity contribution < 1.29 is 9.53 Å². The van der Waals surface area contributed by atoms with Crippen LogP contribution in [-0.4, -0.2) is 5.91 Å². The van der Waals surface area contributed by atoms with Crippen molar-refractivity contribution in [3.05, 3.63) is 75.0 Å². The Morgan fingerprint density at radius 1 is 1.00 bits per heavy atom. The van der Waals surface area contributed by atoms with Crippen molar-refractivity contribution in [2.24, 2.45) is 11.7 Å². The molecule has 3 aromatic rings. The number of aryl methyl sites for hydroxylation is 3. The third kappa shape index (κ3) is 5.07. The Hall–Kier alpha value is -2.59. The van der Waals surface area contributed by atoms with Crippen molar-refractivity contribution in [3.63, 3.8) is 0 Å². The van der Waals surface area contributed by atoms with Crippen LogP contribution >= 0.6 is 11.3 Å². The molecule has 0 aliphatic carbocycles. The van der Waals surface area contributed by atoms with E-state index in [4.69, 9.17) is 10.5 Å². The normalized spacial score (nSPS) is 12.2. The van der Waals surface area contributed by atoms with Gasteiger partial charge in [0.2, 0.25) is 0 Å². The van der Waals surface area contributed by atoms with Gasteiger partial charge in [-0.1, -0.05) is 43.7 Å². The highest BCUT2D eigenvalue weighted by molar-refractivity contribution is 7.14. The number of thiophene rings is 1. The van der Waals surface area contributed by atoms with Crippen LogP contribution in [0, 0.1) is 26.7 Å². The van der Waals surface area contributed by atoms with Crippen LogP contribution in [0.5, 0.6) is 5.75 Å². The van der Waals surface area contributed by atoms with Crippen molar-refractivity contribution in [3.8, 4) is 16.9 Å².